The largest absolute Gasteiger partial charge is 0.491 e. The highest BCUT2D eigenvalue weighted by molar-refractivity contribution is 6.03. The minimum Gasteiger partial charge on any atom is -0.491 e. The van der Waals surface area contributed by atoms with Gasteiger partial charge in [-0.25, -0.2) is 18.2 Å². The number of halogens is 3. The van der Waals surface area contributed by atoms with E-state index in [2.05, 4.69) is 22.2 Å². The van der Waals surface area contributed by atoms with Crippen LogP contribution in [0.1, 0.15) is 48.2 Å². The first kappa shape index (κ1) is 25.6. The van der Waals surface area contributed by atoms with Gasteiger partial charge in [0.2, 0.25) is 0 Å². The normalized spacial score (nSPS) is 19.7. The zero-order valence-corrected chi connectivity index (χ0v) is 19.7. The molecule has 1 aliphatic carbocycles. The van der Waals surface area contributed by atoms with Crippen LogP contribution in [-0.4, -0.2) is 40.2 Å². The maximum atomic E-state index is 14.7. The smallest absolute Gasteiger partial charge is 0.274 e. The van der Waals surface area contributed by atoms with Crippen molar-refractivity contribution >= 4 is 11.6 Å². The van der Waals surface area contributed by atoms with Crippen molar-refractivity contribution in [3.8, 4) is 17.0 Å². The number of rotatable bonds is 7. The van der Waals surface area contributed by atoms with Crippen LogP contribution in [0.25, 0.3) is 11.3 Å². The van der Waals surface area contributed by atoms with Crippen molar-refractivity contribution in [2.75, 3.05) is 18.5 Å². The van der Waals surface area contributed by atoms with Gasteiger partial charge in [-0.2, -0.15) is 0 Å². The van der Waals surface area contributed by atoms with E-state index in [4.69, 9.17) is 15.6 Å². The van der Waals surface area contributed by atoms with Crippen molar-refractivity contribution in [2.45, 2.75) is 38.1 Å². The number of pyridine rings is 2. The lowest BCUT2D eigenvalue weighted by Gasteiger charge is -2.32. The first-order chi connectivity index (χ1) is 17.3. The number of aliphatic hydroxyl groups excluding tert-OH is 1. The molecule has 0 aliphatic heterocycles. The number of nitrogens with zero attached hydrogens (tertiary/aromatic N) is 2. The van der Waals surface area contributed by atoms with E-state index in [-0.39, 0.29) is 36.6 Å². The topological polar surface area (TPSA) is 110 Å². The summed E-state index contributed by atoms with van der Waals surface area (Å²) in [6.07, 6.45) is 5.78. The fourth-order valence-corrected chi connectivity index (χ4v) is 4.73. The average Bonchev–Trinajstić information content (AvgIpc) is 2.83. The van der Waals surface area contributed by atoms with Crippen molar-refractivity contribution in [3.05, 3.63) is 71.4 Å². The van der Waals surface area contributed by atoms with Gasteiger partial charge in [0.15, 0.2) is 0 Å². The Morgan fingerprint density at radius 1 is 1.14 bits per heavy atom. The van der Waals surface area contributed by atoms with Gasteiger partial charge in [-0.05, 0) is 54.9 Å². The van der Waals surface area contributed by atoms with E-state index in [1.807, 2.05) is 6.07 Å². The number of amides is 1. The number of carbonyl (C=O) groups excluding carboxylic acids is 1. The van der Waals surface area contributed by atoms with E-state index >= 15 is 0 Å². The van der Waals surface area contributed by atoms with Gasteiger partial charge in [0.05, 0.1) is 24.1 Å². The number of aliphatic hydroxyl groups is 1. The van der Waals surface area contributed by atoms with Crippen molar-refractivity contribution in [1.82, 2.24) is 9.97 Å². The summed E-state index contributed by atoms with van der Waals surface area (Å²) in [5.41, 5.74) is 5.97. The van der Waals surface area contributed by atoms with Gasteiger partial charge in [0, 0.05) is 24.4 Å². The maximum Gasteiger partial charge on any atom is 0.274 e. The van der Waals surface area contributed by atoms with Crippen LogP contribution in [0.4, 0.5) is 18.9 Å². The Morgan fingerprint density at radius 2 is 1.89 bits per heavy atom. The molecule has 0 radical (unpaired) electrons. The summed E-state index contributed by atoms with van der Waals surface area (Å²) in [6, 6.07) is 5.68. The molecule has 4 N–H and O–H groups in total. The van der Waals surface area contributed by atoms with Gasteiger partial charge < -0.3 is 20.9 Å². The molecule has 2 heterocycles. The van der Waals surface area contributed by atoms with Crippen LogP contribution in [0.5, 0.6) is 5.75 Å². The first-order valence-electron chi connectivity index (χ1n) is 11.7. The lowest BCUT2D eigenvalue weighted by atomic mass is 9.76. The average molecular weight is 501 g/mol. The SMILES string of the molecule is CC1CC(N)CC(c2ccncc2NC(=O)c2ccc(F)c(-c3c(F)cc(OCCO)cc3F)n2)C1. The number of hydrogen-bond donors (Lipinski definition) is 3. The van der Waals surface area contributed by atoms with Crippen molar-refractivity contribution in [2.24, 2.45) is 11.7 Å². The molecule has 7 nitrogen and oxygen atoms in total. The highest BCUT2D eigenvalue weighted by Gasteiger charge is 2.28. The molecular weight excluding hydrogens is 473 g/mol. The monoisotopic (exact) mass is 500 g/mol. The van der Waals surface area contributed by atoms with E-state index in [1.165, 1.54) is 6.20 Å². The summed E-state index contributed by atoms with van der Waals surface area (Å²) >= 11 is 0. The minimum absolute atomic E-state index is 0.0574. The summed E-state index contributed by atoms with van der Waals surface area (Å²) in [5, 5.41) is 11.6. The van der Waals surface area contributed by atoms with Gasteiger partial charge in [-0.15, -0.1) is 0 Å². The molecule has 1 amide bonds. The van der Waals surface area contributed by atoms with Crippen molar-refractivity contribution in [3.63, 3.8) is 0 Å². The lowest BCUT2D eigenvalue weighted by molar-refractivity contribution is 0.102. The fraction of sp³-hybridized carbons (Fsp3) is 0.346. The molecule has 0 spiro atoms. The van der Waals surface area contributed by atoms with Gasteiger partial charge in [0.1, 0.15) is 41.2 Å². The van der Waals surface area contributed by atoms with E-state index in [9.17, 15) is 18.0 Å². The molecule has 0 saturated heterocycles. The Morgan fingerprint density at radius 3 is 2.58 bits per heavy atom. The molecule has 1 saturated carbocycles. The summed E-state index contributed by atoms with van der Waals surface area (Å²) in [5.74, 6) is -3.52. The minimum atomic E-state index is -1.12. The zero-order valence-electron chi connectivity index (χ0n) is 19.7. The Hall–Kier alpha value is -3.50. The van der Waals surface area contributed by atoms with Gasteiger partial charge >= 0.3 is 0 Å². The van der Waals surface area contributed by atoms with Gasteiger partial charge in [-0.1, -0.05) is 6.92 Å². The molecule has 190 valence electrons. The Kier molecular flexibility index (Phi) is 7.85. The molecular formula is C26H27F3N4O3. The number of nitrogens with one attached hydrogen (secondary N) is 1. The number of ether oxygens (including phenoxy) is 1. The highest BCUT2D eigenvalue weighted by atomic mass is 19.1. The second-order valence-corrected chi connectivity index (χ2v) is 9.05. The van der Waals surface area contributed by atoms with Crippen LogP contribution in [0.15, 0.2) is 42.7 Å². The van der Waals surface area contributed by atoms with Crippen LogP contribution in [-0.2, 0) is 0 Å². The van der Waals surface area contributed by atoms with Crippen molar-refractivity contribution < 1.29 is 27.8 Å². The molecule has 2 aromatic heterocycles. The van der Waals surface area contributed by atoms with Crippen LogP contribution in [0.3, 0.4) is 0 Å². The molecule has 3 aromatic rings. The molecule has 4 rings (SSSR count). The molecule has 1 fully saturated rings. The molecule has 1 aliphatic rings. The first-order valence-corrected chi connectivity index (χ1v) is 11.7. The maximum absolute atomic E-state index is 14.7. The van der Waals surface area contributed by atoms with E-state index in [0.717, 1.165) is 49.1 Å². The summed E-state index contributed by atoms with van der Waals surface area (Å²) in [6.45, 7) is 1.63. The zero-order chi connectivity index (χ0) is 25.8. The lowest BCUT2D eigenvalue weighted by Crippen LogP contribution is -2.31. The van der Waals surface area contributed by atoms with Gasteiger partial charge in [0.25, 0.3) is 5.91 Å². The third-order valence-corrected chi connectivity index (χ3v) is 6.21. The summed E-state index contributed by atoms with van der Waals surface area (Å²) in [4.78, 5) is 21.1. The number of benzene rings is 1. The standard InChI is InChI=1S/C26H27F3N4O3/c1-14-8-15(10-16(30)9-14)18-4-5-31-13-23(18)33-26(35)22-3-2-19(27)25(32-22)24-20(28)11-17(12-21(24)29)36-7-6-34/h2-5,11-16,34H,6-10,30H2,1H3,(H,33,35). The molecule has 0 bridgehead atoms. The summed E-state index contributed by atoms with van der Waals surface area (Å²) in [7, 11) is 0. The van der Waals surface area contributed by atoms with Crippen LogP contribution < -0.4 is 15.8 Å². The van der Waals surface area contributed by atoms with E-state index < -0.39 is 34.6 Å². The number of nitrogens with two attached hydrogens (primary N) is 1. The van der Waals surface area contributed by atoms with Crippen LogP contribution >= 0.6 is 0 Å². The van der Waals surface area contributed by atoms with Crippen LogP contribution in [0, 0.1) is 23.4 Å². The number of aromatic nitrogens is 2. The molecule has 10 heteroatoms. The van der Waals surface area contributed by atoms with E-state index in [1.54, 1.807) is 6.20 Å². The second-order valence-electron chi connectivity index (χ2n) is 9.05. The fourth-order valence-electron chi connectivity index (χ4n) is 4.73. The molecule has 3 unspecified atom stereocenters. The quantitative estimate of drug-likeness (QED) is 0.443. The number of anilines is 1. The predicted molar refractivity (Wildman–Crippen MR) is 128 cm³/mol. The number of hydrogen-bond acceptors (Lipinski definition) is 6. The third-order valence-electron chi connectivity index (χ3n) is 6.21. The highest BCUT2D eigenvalue weighted by Crippen LogP contribution is 2.38. The molecule has 3 atom stereocenters. The van der Waals surface area contributed by atoms with E-state index in [0.29, 0.717) is 11.6 Å². The predicted octanol–water partition coefficient (Wildman–Crippen LogP) is 4.42. The third kappa shape index (κ3) is 5.66. The second kappa shape index (κ2) is 11.0. The van der Waals surface area contributed by atoms with Crippen molar-refractivity contribution in [1.29, 1.82) is 0 Å². The Bertz CT molecular complexity index is 1220. The summed E-state index contributed by atoms with van der Waals surface area (Å²) < 4.78 is 49.0. The Balaban J connectivity index is 1.62. The molecule has 36 heavy (non-hydrogen) atoms. The van der Waals surface area contributed by atoms with Gasteiger partial charge in [-0.3, -0.25) is 9.78 Å². The molecule has 1 aromatic carbocycles. The Labute approximate surface area is 206 Å². The van der Waals surface area contributed by atoms with Crippen LogP contribution in [0.2, 0.25) is 0 Å². The number of carbonyl (C=O) groups is 1.